The van der Waals surface area contributed by atoms with Gasteiger partial charge in [0.25, 0.3) is 5.56 Å². The van der Waals surface area contributed by atoms with Crippen LogP contribution in [0, 0.1) is 11.8 Å². The zero-order valence-electron chi connectivity index (χ0n) is 21.5. The number of aromatic hydroxyl groups is 1. The van der Waals surface area contributed by atoms with Crippen LogP contribution in [0.4, 0.5) is 0 Å². The van der Waals surface area contributed by atoms with E-state index in [2.05, 4.69) is 75.3 Å². The fourth-order valence-electron chi connectivity index (χ4n) is 4.70. The zero-order valence-corrected chi connectivity index (χ0v) is 21.5. The van der Waals surface area contributed by atoms with Crippen molar-refractivity contribution in [2.75, 3.05) is 26.7 Å². The predicted molar refractivity (Wildman–Crippen MR) is 144 cm³/mol. The van der Waals surface area contributed by atoms with Crippen molar-refractivity contribution < 1.29 is 9.84 Å². The fraction of sp³-hybridized carbons (Fsp3) is 0.400. The normalized spacial score (nSPS) is 17.5. The van der Waals surface area contributed by atoms with Gasteiger partial charge in [-0.25, -0.2) is 4.98 Å². The second-order valence-electron chi connectivity index (χ2n) is 10.5. The second-order valence-corrected chi connectivity index (χ2v) is 10.5. The SMILES string of the molecule is COC1CN(Cc2ccc(C#Cc3ccc([C@@](C)(CNC4CC4)Cc4nc[nH]c(=O)c4O)cc3)cc2)C1. The van der Waals surface area contributed by atoms with Gasteiger partial charge < -0.3 is 20.1 Å². The Bertz CT molecular complexity index is 1330. The zero-order chi connectivity index (χ0) is 25.8. The Balaban J connectivity index is 1.27. The third-order valence-electron chi connectivity index (χ3n) is 7.37. The summed E-state index contributed by atoms with van der Waals surface area (Å²) in [5.41, 5.74) is 3.87. The number of likely N-dealkylation sites (tertiary alicyclic amines) is 1. The van der Waals surface area contributed by atoms with Gasteiger partial charge in [-0.15, -0.1) is 0 Å². The van der Waals surface area contributed by atoms with Crippen LogP contribution in [0.25, 0.3) is 0 Å². The maximum absolute atomic E-state index is 11.9. The van der Waals surface area contributed by atoms with E-state index in [1.807, 2.05) is 12.1 Å². The lowest BCUT2D eigenvalue weighted by Gasteiger charge is -2.38. The maximum Gasteiger partial charge on any atom is 0.293 e. The van der Waals surface area contributed by atoms with Crippen molar-refractivity contribution in [2.24, 2.45) is 0 Å². The molecular formula is C30H34N4O3. The van der Waals surface area contributed by atoms with E-state index in [1.54, 1.807) is 7.11 Å². The Kier molecular flexibility index (Phi) is 7.43. The highest BCUT2D eigenvalue weighted by Crippen LogP contribution is 2.31. The summed E-state index contributed by atoms with van der Waals surface area (Å²) in [4.78, 5) is 20.9. The third kappa shape index (κ3) is 6.28. The molecule has 0 bridgehead atoms. The average Bonchev–Trinajstić information content (AvgIpc) is 3.72. The molecule has 1 saturated carbocycles. The number of nitrogens with zero attached hydrogens (tertiary/aromatic N) is 2. The molecule has 1 saturated heterocycles. The van der Waals surface area contributed by atoms with E-state index in [4.69, 9.17) is 4.74 Å². The van der Waals surface area contributed by atoms with Crippen LogP contribution in [0.5, 0.6) is 5.75 Å². The minimum Gasteiger partial charge on any atom is -0.502 e. The average molecular weight is 499 g/mol. The molecular weight excluding hydrogens is 464 g/mol. The minimum atomic E-state index is -0.513. The number of benzene rings is 2. The number of nitrogens with one attached hydrogen (secondary N) is 2. The van der Waals surface area contributed by atoms with Crippen molar-refractivity contribution in [3.05, 3.63) is 93.2 Å². The van der Waals surface area contributed by atoms with Crippen molar-refractivity contribution in [1.82, 2.24) is 20.2 Å². The number of hydrogen-bond acceptors (Lipinski definition) is 6. The van der Waals surface area contributed by atoms with Crippen molar-refractivity contribution in [2.45, 2.75) is 50.3 Å². The lowest BCUT2D eigenvalue weighted by Crippen LogP contribution is -2.50. The van der Waals surface area contributed by atoms with E-state index in [0.717, 1.165) is 42.9 Å². The largest absolute Gasteiger partial charge is 0.502 e. The number of aromatic nitrogens is 2. The van der Waals surface area contributed by atoms with E-state index in [9.17, 15) is 9.90 Å². The predicted octanol–water partition coefficient (Wildman–Crippen LogP) is 2.96. The summed E-state index contributed by atoms with van der Waals surface area (Å²) in [6.45, 7) is 5.79. The first-order chi connectivity index (χ1) is 17.9. The first kappa shape index (κ1) is 25.2. The van der Waals surface area contributed by atoms with Gasteiger partial charge >= 0.3 is 0 Å². The summed E-state index contributed by atoms with van der Waals surface area (Å²) in [6.07, 6.45) is 4.54. The molecule has 0 spiro atoms. The highest BCUT2D eigenvalue weighted by atomic mass is 16.5. The van der Waals surface area contributed by atoms with Crippen LogP contribution >= 0.6 is 0 Å². The van der Waals surface area contributed by atoms with Crippen LogP contribution in [0.15, 0.2) is 59.7 Å². The van der Waals surface area contributed by atoms with Crippen LogP contribution in [0.2, 0.25) is 0 Å². The van der Waals surface area contributed by atoms with Crippen LogP contribution in [-0.4, -0.2) is 58.9 Å². The van der Waals surface area contributed by atoms with Gasteiger partial charge in [0.2, 0.25) is 5.75 Å². The van der Waals surface area contributed by atoms with Crippen LogP contribution in [0.1, 0.15) is 47.7 Å². The molecule has 2 aromatic carbocycles. The summed E-state index contributed by atoms with van der Waals surface area (Å²) in [7, 11) is 1.77. The van der Waals surface area contributed by atoms with Crippen molar-refractivity contribution >= 4 is 0 Å². The highest BCUT2D eigenvalue weighted by molar-refractivity contribution is 5.45. The molecule has 37 heavy (non-hydrogen) atoms. The van der Waals surface area contributed by atoms with Crippen LogP contribution < -0.4 is 10.9 Å². The second kappa shape index (κ2) is 10.9. The lowest BCUT2D eigenvalue weighted by molar-refractivity contribution is -0.0333. The Morgan fingerprint density at radius 3 is 2.38 bits per heavy atom. The molecule has 2 fully saturated rings. The van der Waals surface area contributed by atoms with Crippen LogP contribution in [-0.2, 0) is 23.1 Å². The van der Waals surface area contributed by atoms with E-state index >= 15 is 0 Å². The number of methoxy groups -OCH3 is 1. The van der Waals surface area contributed by atoms with E-state index in [-0.39, 0.29) is 11.2 Å². The molecule has 2 aliphatic rings. The van der Waals surface area contributed by atoms with Gasteiger partial charge in [-0.2, -0.15) is 0 Å². The van der Waals surface area contributed by atoms with E-state index in [1.165, 1.54) is 24.7 Å². The molecule has 1 aromatic heterocycles. The monoisotopic (exact) mass is 498 g/mol. The number of H-pyrrole nitrogens is 1. The topological polar surface area (TPSA) is 90.5 Å². The molecule has 0 amide bonds. The molecule has 1 aliphatic heterocycles. The number of rotatable bonds is 9. The van der Waals surface area contributed by atoms with Crippen molar-refractivity contribution in [1.29, 1.82) is 0 Å². The molecule has 1 atom stereocenters. The molecule has 3 aromatic rings. The molecule has 0 unspecified atom stereocenters. The van der Waals surface area contributed by atoms with E-state index < -0.39 is 5.56 Å². The van der Waals surface area contributed by atoms with Gasteiger partial charge in [0, 0.05) is 62.3 Å². The fourth-order valence-corrected chi connectivity index (χ4v) is 4.70. The smallest absolute Gasteiger partial charge is 0.293 e. The molecule has 7 nitrogen and oxygen atoms in total. The molecule has 1 aliphatic carbocycles. The van der Waals surface area contributed by atoms with Crippen molar-refractivity contribution in [3.8, 4) is 17.6 Å². The first-order valence-corrected chi connectivity index (χ1v) is 12.9. The molecule has 192 valence electrons. The maximum atomic E-state index is 11.9. The summed E-state index contributed by atoms with van der Waals surface area (Å²) in [6, 6.07) is 17.2. The van der Waals surface area contributed by atoms with Gasteiger partial charge in [-0.05, 0) is 48.2 Å². The van der Waals surface area contributed by atoms with Gasteiger partial charge in [0.15, 0.2) is 0 Å². The summed E-state index contributed by atoms with van der Waals surface area (Å²) in [5.74, 6) is 6.23. The Morgan fingerprint density at radius 1 is 1.11 bits per heavy atom. The molecule has 7 heteroatoms. The number of hydrogen-bond donors (Lipinski definition) is 3. The summed E-state index contributed by atoms with van der Waals surface area (Å²) in [5, 5.41) is 13.9. The van der Waals surface area contributed by atoms with Gasteiger partial charge in [0.05, 0.1) is 18.1 Å². The van der Waals surface area contributed by atoms with Gasteiger partial charge in [-0.3, -0.25) is 9.69 Å². The number of aromatic amines is 1. The van der Waals surface area contributed by atoms with E-state index in [0.29, 0.717) is 24.3 Å². The lowest BCUT2D eigenvalue weighted by atomic mass is 9.78. The van der Waals surface area contributed by atoms with Crippen LogP contribution in [0.3, 0.4) is 0 Å². The summed E-state index contributed by atoms with van der Waals surface area (Å²) >= 11 is 0. The molecule has 2 heterocycles. The van der Waals surface area contributed by atoms with Gasteiger partial charge in [-0.1, -0.05) is 43.0 Å². The minimum absolute atomic E-state index is 0.308. The highest BCUT2D eigenvalue weighted by Gasteiger charge is 2.32. The first-order valence-electron chi connectivity index (χ1n) is 12.9. The van der Waals surface area contributed by atoms with Gasteiger partial charge in [0.1, 0.15) is 0 Å². The Morgan fingerprint density at radius 2 is 1.76 bits per heavy atom. The third-order valence-corrected chi connectivity index (χ3v) is 7.37. The molecule has 3 N–H and O–H groups in total. The molecule has 0 radical (unpaired) electrons. The van der Waals surface area contributed by atoms with Crippen molar-refractivity contribution in [3.63, 3.8) is 0 Å². The Hall–Kier alpha value is -3.44. The molecule has 5 rings (SSSR count). The Labute approximate surface area is 217 Å². The summed E-state index contributed by atoms with van der Waals surface area (Å²) < 4.78 is 5.34. The standard InChI is InChI=1S/C30H34N4O3/c1-30(19-31-25-13-14-25,15-27-28(35)29(36)33-20-32-27)24-11-9-22(10-12-24)4-3-21-5-7-23(8-6-21)16-34-17-26(18-34)37-2/h5-12,20,25-26,31,35H,13-19H2,1-2H3,(H,32,33,36)/t30-/m1/s1. The number of ether oxygens (including phenoxy) is 1. The quantitative estimate of drug-likeness (QED) is 0.393.